The first-order valence-corrected chi connectivity index (χ1v) is 16.6. The Bertz CT molecular complexity index is 2040. The van der Waals surface area contributed by atoms with Crippen molar-refractivity contribution in [1.82, 2.24) is 24.5 Å². The van der Waals surface area contributed by atoms with E-state index in [-0.39, 0.29) is 4.90 Å². The number of hydrogen-bond donors (Lipinski definition) is 2. The van der Waals surface area contributed by atoms with E-state index in [2.05, 4.69) is 32.0 Å². The average molecular weight is 636 g/mol. The van der Waals surface area contributed by atoms with E-state index < -0.39 is 16.1 Å². The molecule has 0 amide bonds. The van der Waals surface area contributed by atoms with Crippen LogP contribution in [0.4, 0.5) is 0 Å². The summed E-state index contributed by atoms with van der Waals surface area (Å²) < 4.78 is 43.9. The van der Waals surface area contributed by atoms with Gasteiger partial charge in [0, 0.05) is 35.2 Å². The van der Waals surface area contributed by atoms with Gasteiger partial charge in [0.1, 0.15) is 17.3 Å². The van der Waals surface area contributed by atoms with Crippen LogP contribution in [0.25, 0.3) is 10.9 Å². The summed E-state index contributed by atoms with van der Waals surface area (Å²) in [6, 6.07) is 30.0. The van der Waals surface area contributed by atoms with Gasteiger partial charge >= 0.3 is 0 Å². The maximum absolute atomic E-state index is 13.9. The third-order valence-electron chi connectivity index (χ3n) is 8.20. The second-order valence-corrected chi connectivity index (χ2v) is 13.0. The molecule has 4 aromatic carbocycles. The van der Waals surface area contributed by atoms with Gasteiger partial charge in [-0.3, -0.25) is 0 Å². The first-order valence-electron chi connectivity index (χ1n) is 15.2. The van der Waals surface area contributed by atoms with Crippen LogP contribution in [0.5, 0.6) is 11.5 Å². The van der Waals surface area contributed by atoms with Gasteiger partial charge in [-0.25, -0.2) is 13.1 Å². The summed E-state index contributed by atoms with van der Waals surface area (Å²) in [6.45, 7) is 2.30. The molecule has 0 radical (unpaired) electrons. The van der Waals surface area contributed by atoms with Crippen LogP contribution in [0.3, 0.4) is 0 Å². The van der Waals surface area contributed by atoms with Crippen molar-refractivity contribution in [3.8, 4) is 11.5 Å². The highest BCUT2D eigenvalue weighted by molar-refractivity contribution is 7.89. The smallest absolute Gasteiger partial charge is 0.241 e. The van der Waals surface area contributed by atoms with Crippen LogP contribution in [-0.4, -0.2) is 42.4 Å². The van der Waals surface area contributed by atoms with Gasteiger partial charge in [-0.1, -0.05) is 66.2 Å². The number of H-pyrrole nitrogens is 1. The molecule has 1 atom stereocenters. The Balaban J connectivity index is 1.44. The number of aryl methyl sites for hydroxylation is 3. The van der Waals surface area contributed by atoms with E-state index in [1.54, 1.807) is 38.5 Å². The number of nitrogens with zero attached hydrogens (tertiary/aromatic N) is 3. The zero-order valence-corrected chi connectivity index (χ0v) is 26.9. The van der Waals surface area contributed by atoms with E-state index in [4.69, 9.17) is 9.47 Å². The molecule has 0 unspecified atom stereocenters. The molecular formula is C36H37N5O4S. The highest BCUT2D eigenvalue weighted by Crippen LogP contribution is 2.30. The standard InChI is InChI=1S/C36H37N5O4S/c1-25-13-18-30(19-14-25)46(42,43)40-33(21-28-23-37-32-12-8-7-11-31(28)32)36-39-38-35(20-15-26-9-5-4-6-10-26)41(36)24-27-16-17-29(44-2)22-34(27)45-3/h4-14,16-19,22-23,33,37,40H,15,20-21,24H2,1-3H3/t33-/m1/s1. The molecule has 0 saturated carbocycles. The Morgan fingerprint density at radius 2 is 1.61 bits per heavy atom. The summed E-state index contributed by atoms with van der Waals surface area (Å²) in [5.41, 5.74) is 4.99. The Hall–Kier alpha value is -4.93. The molecule has 2 aromatic heterocycles. The summed E-state index contributed by atoms with van der Waals surface area (Å²) in [7, 11) is -0.684. The number of para-hydroxylation sites is 1. The fourth-order valence-corrected chi connectivity index (χ4v) is 6.89. The van der Waals surface area contributed by atoms with Gasteiger partial charge in [-0.15, -0.1) is 10.2 Å². The van der Waals surface area contributed by atoms with Crippen LogP contribution >= 0.6 is 0 Å². The van der Waals surface area contributed by atoms with E-state index in [0.29, 0.717) is 36.7 Å². The molecule has 0 spiro atoms. The number of aromatic amines is 1. The molecule has 0 aliphatic heterocycles. The molecule has 46 heavy (non-hydrogen) atoms. The molecule has 0 bridgehead atoms. The number of sulfonamides is 1. The Morgan fingerprint density at radius 3 is 2.37 bits per heavy atom. The summed E-state index contributed by atoms with van der Waals surface area (Å²) in [5, 5.41) is 10.3. The second kappa shape index (κ2) is 13.6. The Kier molecular flexibility index (Phi) is 9.18. The number of nitrogens with one attached hydrogen (secondary N) is 2. The lowest BCUT2D eigenvalue weighted by atomic mass is 10.0. The van der Waals surface area contributed by atoms with Gasteiger partial charge in [-0.2, -0.15) is 0 Å². The maximum atomic E-state index is 13.9. The Labute approximate surface area is 269 Å². The fraction of sp³-hybridized carbons (Fsp3) is 0.222. The van der Waals surface area contributed by atoms with Crippen LogP contribution < -0.4 is 14.2 Å². The Morgan fingerprint density at radius 1 is 0.848 bits per heavy atom. The highest BCUT2D eigenvalue weighted by Gasteiger charge is 2.29. The zero-order valence-electron chi connectivity index (χ0n) is 26.1. The molecular weight excluding hydrogens is 598 g/mol. The summed E-state index contributed by atoms with van der Waals surface area (Å²) in [4.78, 5) is 3.51. The first kappa shape index (κ1) is 31.1. The summed E-state index contributed by atoms with van der Waals surface area (Å²) in [5.74, 6) is 2.59. The van der Waals surface area contributed by atoms with Gasteiger partial charge < -0.3 is 19.0 Å². The molecule has 2 N–H and O–H groups in total. The van der Waals surface area contributed by atoms with Crippen LogP contribution in [0, 0.1) is 6.92 Å². The number of ether oxygens (including phenoxy) is 2. The van der Waals surface area contributed by atoms with Crippen molar-refractivity contribution < 1.29 is 17.9 Å². The molecule has 6 rings (SSSR count). The number of hydrogen-bond acceptors (Lipinski definition) is 6. The number of methoxy groups -OCH3 is 2. The van der Waals surface area contributed by atoms with E-state index >= 15 is 0 Å². The van der Waals surface area contributed by atoms with Gasteiger partial charge in [0.15, 0.2) is 5.82 Å². The van der Waals surface area contributed by atoms with Gasteiger partial charge in [0.25, 0.3) is 0 Å². The summed E-state index contributed by atoms with van der Waals surface area (Å²) in [6.07, 6.45) is 3.65. The number of rotatable bonds is 13. The van der Waals surface area contributed by atoms with Crippen molar-refractivity contribution in [2.45, 2.75) is 43.7 Å². The maximum Gasteiger partial charge on any atom is 0.241 e. The van der Waals surface area contributed by atoms with Gasteiger partial charge in [0.2, 0.25) is 10.0 Å². The van der Waals surface area contributed by atoms with Gasteiger partial charge in [0.05, 0.1) is 31.7 Å². The topological polar surface area (TPSA) is 111 Å². The van der Waals surface area contributed by atoms with Crippen LogP contribution in [-0.2, 0) is 35.8 Å². The number of benzene rings is 4. The molecule has 6 aromatic rings. The van der Waals surface area contributed by atoms with Crippen molar-refractivity contribution in [3.05, 3.63) is 137 Å². The molecule has 0 saturated heterocycles. The lowest BCUT2D eigenvalue weighted by Gasteiger charge is -2.21. The van der Waals surface area contributed by atoms with Crippen molar-refractivity contribution in [3.63, 3.8) is 0 Å². The van der Waals surface area contributed by atoms with Crippen LogP contribution in [0.15, 0.2) is 108 Å². The third kappa shape index (κ3) is 6.83. The minimum atomic E-state index is -3.92. The molecule has 9 nitrogen and oxygen atoms in total. The normalized spacial score (nSPS) is 12.3. The average Bonchev–Trinajstić information content (AvgIpc) is 3.68. The van der Waals surface area contributed by atoms with Crippen molar-refractivity contribution in [2.75, 3.05) is 14.2 Å². The minimum absolute atomic E-state index is 0.189. The number of aromatic nitrogens is 4. The van der Waals surface area contributed by atoms with E-state index in [1.165, 1.54) is 5.56 Å². The first-order chi connectivity index (χ1) is 22.3. The number of fused-ring (bicyclic) bond motifs is 1. The highest BCUT2D eigenvalue weighted by atomic mass is 32.2. The second-order valence-electron chi connectivity index (χ2n) is 11.3. The molecule has 236 valence electrons. The lowest BCUT2D eigenvalue weighted by molar-refractivity contribution is 0.389. The predicted octanol–water partition coefficient (Wildman–Crippen LogP) is 6.18. The van der Waals surface area contributed by atoms with Crippen molar-refractivity contribution >= 4 is 20.9 Å². The molecule has 0 fully saturated rings. The summed E-state index contributed by atoms with van der Waals surface area (Å²) >= 11 is 0. The van der Waals surface area contributed by atoms with E-state index in [0.717, 1.165) is 39.8 Å². The third-order valence-corrected chi connectivity index (χ3v) is 9.69. The SMILES string of the molecule is COc1ccc(Cn2c(CCc3ccccc3)nnc2[C@@H](Cc2c[nH]c3ccccc23)NS(=O)(=O)c2ccc(C)cc2)c(OC)c1. The van der Waals surface area contributed by atoms with Crippen molar-refractivity contribution in [1.29, 1.82) is 0 Å². The van der Waals surface area contributed by atoms with Gasteiger partial charge in [-0.05, 0) is 61.2 Å². The largest absolute Gasteiger partial charge is 0.497 e. The fourth-order valence-electron chi connectivity index (χ4n) is 5.70. The van der Waals surface area contributed by atoms with E-state index in [9.17, 15) is 8.42 Å². The van der Waals surface area contributed by atoms with Crippen LogP contribution in [0.2, 0.25) is 0 Å². The molecule has 0 aliphatic carbocycles. The lowest BCUT2D eigenvalue weighted by Crippen LogP contribution is -2.32. The zero-order chi connectivity index (χ0) is 32.1. The minimum Gasteiger partial charge on any atom is -0.497 e. The molecule has 0 aliphatic rings. The van der Waals surface area contributed by atoms with E-state index in [1.807, 2.05) is 78.4 Å². The molecule has 10 heteroatoms. The predicted molar refractivity (Wildman–Crippen MR) is 179 cm³/mol. The monoisotopic (exact) mass is 635 g/mol. The quantitative estimate of drug-likeness (QED) is 0.157. The van der Waals surface area contributed by atoms with Crippen molar-refractivity contribution in [2.24, 2.45) is 0 Å². The van der Waals surface area contributed by atoms with Crippen LogP contribution in [0.1, 0.15) is 39.9 Å². The molecule has 2 heterocycles.